The van der Waals surface area contributed by atoms with Crippen LogP contribution in [0.4, 0.5) is 11.8 Å². The molecule has 1 fully saturated rings. The Kier molecular flexibility index (Phi) is 3.31. The van der Waals surface area contributed by atoms with Gasteiger partial charge in [0.1, 0.15) is 10.6 Å². The molecule has 1 aliphatic rings. The molecule has 1 saturated carbocycles. The van der Waals surface area contributed by atoms with E-state index in [0.29, 0.717) is 12.0 Å². The van der Waals surface area contributed by atoms with Crippen LogP contribution in [0.3, 0.4) is 0 Å². The Bertz CT molecular complexity index is 588. The van der Waals surface area contributed by atoms with Crippen molar-refractivity contribution < 1.29 is 0 Å². The monoisotopic (exact) mass is 276 g/mol. The highest BCUT2D eigenvalue weighted by atomic mass is 32.1. The van der Waals surface area contributed by atoms with Crippen LogP contribution in [-0.4, -0.2) is 23.1 Å². The second-order valence-electron chi connectivity index (χ2n) is 5.45. The van der Waals surface area contributed by atoms with E-state index >= 15 is 0 Å². The van der Waals surface area contributed by atoms with Gasteiger partial charge in [-0.2, -0.15) is 4.98 Å². The molecule has 0 radical (unpaired) electrons. The van der Waals surface area contributed by atoms with Crippen molar-refractivity contribution in [3.8, 4) is 0 Å². The number of aryl methyl sites for hydroxylation is 1. The molecule has 5 heteroatoms. The quantitative estimate of drug-likeness (QED) is 0.875. The van der Waals surface area contributed by atoms with Crippen molar-refractivity contribution in [3.63, 3.8) is 0 Å². The zero-order valence-corrected chi connectivity index (χ0v) is 12.5. The van der Waals surface area contributed by atoms with E-state index in [2.05, 4.69) is 40.5 Å². The minimum atomic E-state index is 0.468. The van der Waals surface area contributed by atoms with Gasteiger partial charge in [0, 0.05) is 18.0 Å². The van der Waals surface area contributed by atoms with Crippen molar-refractivity contribution in [2.75, 3.05) is 17.7 Å². The molecule has 1 aliphatic carbocycles. The molecule has 0 aliphatic heterocycles. The Morgan fingerprint density at radius 2 is 2.21 bits per heavy atom. The Labute approximate surface area is 117 Å². The summed E-state index contributed by atoms with van der Waals surface area (Å²) in [5.41, 5.74) is 0. The highest BCUT2D eigenvalue weighted by molar-refractivity contribution is 7.18. The van der Waals surface area contributed by atoms with E-state index in [1.54, 1.807) is 11.3 Å². The van der Waals surface area contributed by atoms with Gasteiger partial charge in [0.25, 0.3) is 0 Å². The standard InChI is InChI=1S/C14H20N4S/c1-8(6-10-4-5-10)16-12-11-7-9(2)19-13(11)18-14(15-3)17-12/h7-8,10H,4-6H2,1-3H3,(H2,15,16,17,18). The number of rotatable bonds is 5. The van der Waals surface area contributed by atoms with Crippen LogP contribution < -0.4 is 10.6 Å². The topological polar surface area (TPSA) is 49.8 Å². The fraction of sp³-hybridized carbons (Fsp3) is 0.571. The lowest BCUT2D eigenvalue weighted by Crippen LogP contribution is -2.17. The van der Waals surface area contributed by atoms with Crippen LogP contribution in [0.15, 0.2) is 6.07 Å². The summed E-state index contributed by atoms with van der Waals surface area (Å²) in [6, 6.07) is 2.64. The zero-order chi connectivity index (χ0) is 13.4. The fourth-order valence-corrected chi connectivity index (χ4v) is 3.29. The number of nitrogens with zero attached hydrogens (tertiary/aromatic N) is 2. The predicted octanol–water partition coefficient (Wildman–Crippen LogP) is 3.64. The van der Waals surface area contributed by atoms with Crippen molar-refractivity contribution in [1.29, 1.82) is 0 Å². The van der Waals surface area contributed by atoms with Gasteiger partial charge in [0.05, 0.1) is 5.39 Å². The van der Waals surface area contributed by atoms with Crippen molar-refractivity contribution in [2.24, 2.45) is 5.92 Å². The molecule has 1 atom stereocenters. The molecule has 0 aromatic carbocycles. The van der Waals surface area contributed by atoms with Gasteiger partial charge in [-0.3, -0.25) is 0 Å². The van der Waals surface area contributed by atoms with Crippen LogP contribution in [0.25, 0.3) is 10.2 Å². The molecule has 1 unspecified atom stereocenters. The Morgan fingerprint density at radius 3 is 2.89 bits per heavy atom. The number of nitrogens with one attached hydrogen (secondary N) is 2. The fourth-order valence-electron chi connectivity index (χ4n) is 2.41. The van der Waals surface area contributed by atoms with Gasteiger partial charge in [-0.1, -0.05) is 12.8 Å². The summed E-state index contributed by atoms with van der Waals surface area (Å²) in [4.78, 5) is 11.4. The van der Waals surface area contributed by atoms with Crippen molar-refractivity contribution >= 4 is 33.3 Å². The first kappa shape index (κ1) is 12.7. The third kappa shape index (κ3) is 2.81. The number of fused-ring (bicyclic) bond motifs is 1. The maximum Gasteiger partial charge on any atom is 0.225 e. The average Bonchev–Trinajstić information content (AvgIpc) is 3.08. The van der Waals surface area contributed by atoms with E-state index in [-0.39, 0.29) is 0 Å². The summed E-state index contributed by atoms with van der Waals surface area (Å²) < 4.78 is 0. The zero-order valence-electron chi connectivity index (χ0n) is 11.7. The molecule has 2 N–H and O–H groups in total. The minimum absolute atomic E-state index is 0.468. The molecular formula is C14H20N4S. The molecule has 19 heavy (non-hydrogen) atoms. The smallest absolute Gasteiger partial charge is 0.225 e. The highest BCUT2D eigenvalue weighted by Gasteiger charge is 2.24. The van der Waals surface area contributed by atoms with Crippen LogP contribution in [0, 0.1) is 12.8 Å². The summed E-state index contributed by atoms with van der Waals surface area (Å²) in [5, 5.41) is 7.74. The average molecular weight is 276 g/mol. The van der Waals surface area contributed by atoms with Crippen molar-refractivity contribution in [3.05, 3.63) is 10.9 Å². The van der Waals surface area contributed by atoms with Crippen LogP contribution >= 0.6 is 11.3 Å². The number of aromatic nitrogens is 2. The van der Waals surface area contributed by atoms with Gasteiger partial charge in [-0.15, -0.1) is 11.3 Å². The van der Waals surface area contributed by atoms with E-state index in [4.69, 9.17) is 0 Å². The summed E-state index contributed by atoms with van der Waals surface area (Å²) in [6.45, 7) is 4.35. The van der Waals surface area contributed by atoms with Gasteiger partial charge in [-0.25, -0.2) is 4.98 Å². The molecule has 102 valence electrons. The lowest BCUT2D eigenvalue weighted by atomic mass is 10.1. The maximum absolute atomic E-state index is 4.57. The molecular weight excluding hydrogens is 256 g/mol. The van der Waals surface area contributed by atoms with Gasteiger partial charge >= 0.3 is 0 Å². The third-order valence-corrected chi connectivity index (χ3v) is 4.45. The van der Waals surface area contributed by atoms with Crippen LogP contribution in [0.1, 0.15) is 31.1 Å². The summed E-state index contributed by atoms with van der Waals surface area (Å²) in [5.74, 6) is 2.58. The normalized spacial score (nSPS) is 16.6. The summed E-state index contributed by atoms with van der Waals surface area (Å²) in [7, 11) is 1.86. The lowest BCUT2D eigenvalue weighted by molar-refractivity contribution is 0.641. The number of hydrogen-bond donors (Lipinski definition) is 2. The SMILES string of the molecule is CNc1nc(NC(C)CC2CC2)c2cc(C)sc2n1. The van der Waals surface area contributed by atoms with Crippen molar-refractivity contribution in [2.45, 2.75) is 39.2 Å². The Balaban J connectivity index is 1.90. The molecule has 0 amide bonds. The molecule has 2 aromatic heterocycles. The van der Waals surface area contributed by atoms with Gasteiger partial charge in [0.15, 0.2) is 0 Å². The van der Waals surface area contributed by atoms with E-state index in [1.807, 2.05) is 7.05 Å². The molecule has 0 saturated heterocycles. The van der Waals surface area contributed by atoms with Crippen LogP contribution in [0.5, 0.6) is 0 Å². The van der Waals surface area contributed by atoms with E-state index < -0.39 is 0 Å². The predicted molar refractivity (Wildman–Crippen MR) is 82.1 cm³/mol. The summed E-state index contributed by atoms with van der Waals surface area (Å²) >= 11 is 1.72. The van der Waals surface area contributed by atoms with Gasteiger partial charge in [-0.05, 0) is 32.3 Å². The van der Waals surface area contributed by atoms with E-state index in [9.17, 15) is 0 Å². The molecule has 3 rings (SSSR count). The Morgan fingerprint density at radius 1 is 1.42 bits per heavy atom. The first-order chi connectivity index (χ1) is 9.15. The number of anilines is 2. The van der Waals surface area contributed by atoms with Crippen LogP contribution in [0.2, 0.25) is 0 Å². The third-order valence-electron chi connectivity index (χ3n) is 3.51. The molecule has 0 bridgehead atoms. The first-order valence-corrected chi connectivity index (χ1v) is 7.70. The summed E-state index contributed by atoms with van der Waals surface area (Å²) in [6.07, 6.45) is 4.03. The molecule has 2 heterocycles. The van der Waals surface area contributed by atoms with E-state index in [0.717, 1.165) is 22.0 Å². The largest absolute Gasteiger partial charge is 0.367 e. The van der Waals surface area contributed by atoms with Gasteiger partial charge in [0.2, 0.25) is 5.95 Å². The second kappa shape index (κ2) is 4.96. The second-order valence-corrected chi connectivity index (χ2v) is 6.68. The molecule has 2 aromatic rings. The Hall–Kier alpha value is -1.36. The number of thiophene rings is 1. The maximum atomic E-state index is 4.57. The highest BCUT2D eigenvalue weighted by Crippen LogP contribution is 2.35. The molecule has 0 spiro atoms. The minimum Gasteiger partial charge on any atom is -0.367 e. The number of hydrogen-bond acceptors (Lipinski definition) is 5. The van der Waals surface area contributed by atoms with Crippen LogP contribution in [-0.2, 0) is 0 Å². The lowest BCUT2D eigenvalue weighted by Gasteiger charge is -2.15. The molecule has 4 nitrogen and oxygen atoms in total. The van der Waals surface area contributed by atoms with E-state index in [1.165, 1.54) is 24.1 Å². The van der Waals surface area contributed by atoms with Gasteiger partial charge < -0.3 is 10.6 Å². The first-order valence-electron chi connectivity index (χ1n) is 6.88. The van der Waals surface area contributed by atoms with Crippen molar-refractivity contribution in [1.82, 2.24) is 9.97 Å².